The number of methoxy groups -OCH3 is 2. The van der Waals surface area contributed by atoms with Crippen molar-refractivity contribution >= 4 is 23.5 Å². The minimum Gasteiger partial charge on any atom is -0.489 e. The topological polar surface area (TPSA) is 83.1 Å². The number of halogens is 1. The number of hydrogen-bond acceptors (Lipinski definition) is 6. The molecule has 0 spiro atoms. The zero-order valence-corrected chi connectivity index (χ0v) is 21.4. The molecule has 1 fully saturated rings. The van der Waals surface area contributed by atoms with Gasteiger partial charge in [-0.15, -0.1) is 0 Å². The lowest BCUT2D eigenvalue weighted by atomic mass is 9.77. The van der Waals surface area contributed by atoms with Crippen molar-refractivity contribution < 1.29 is 28.5 Å². The minimum atomic E-state index is -1.01. The average Bonchev–Trinajstić information content (AvgIpc) is 2.86. The Balaban J connectivity index is 1.76. The van der Waals surface area contributed by atoms with Gasteiger partial charge < -0.3 is 24.3 Å². The van der Waals surface area contributed by atoms with E-state index in [9.17, 15) is 9.59 Å². The second kappa shape index (κ2) is 12.8. The number of ether oxygens (including phenoxy) is 4. The lowest BCUT2D eigenvalue weighted by Gasteiger charge is -2.37. The fourth-order valence-electron chi connectivity index (χ4n) is 4.21. The summed E-state index contributed by atoms with van der Waals surface area (Å²) < 4.78 is 21.9. The molecule has 1 N–H and O–H groups in total. The Hall–Kier alpha value is -2.77. The monoisotopic (exact) mass is 503 g/mol. The number of esters is 1. The number of rotatable bonds is 11. The molecule has 35 heavy (non-hydrogen) atoms. The molecule has 2 aromatic rings. The molecule has 1 saturated carbocycles. The highest BCUT2D eigenvalue weighted by Gasteiger charge is 2.43. The molecule has 0 aliphatic heterocycles. The summed E-state index contributed by atoms with van der Waals surface area (Å²) >= 11 is 6.07. The molecule has 0 aromatic heterocycles. The van der Waals surface area contributed by atoms with Crippen molar-refractivity contribution in [2.24, 2.45) is 5.92 Å². The van der Waals surface area contributed by atoms with Crippen LogP contribution >= 0.6 is 11.6 Å². The summed E-state index contributed by atoms with van der Waals surface area (Å²) in [7, 11) is 2.95. The van der Waals surface area contributed by atoms with Crippen molar-refractivity contribution in [1.82, 2.24) is 5.32 Å². The highest BCUT2D eigenvalue weighted by molar-refractivity contribution is 6.30. The maximum atomic E-state index is 13.2. The molecule has 0 heterocycles. The molecule has 0 unspecified atom stereocenters. The van der Waals surface area contributed by atoms with Crippen LogP contribution in [0.25, 0.3) is 0 Å². The number of benzene rings is 2. The van der Waals surface area contributed by atoms with E-state index in [1.807, 2.05) is 24.3 Å². The van der Waals surface area contributed by atoms with Gasteiger partial charge in [-0.05, 0) is 67.5 Å². The van der Waals surface area contributed by atoms with Crippen molar-refractivity contribution in [3.8, 4) is 11.5 Å². The molecule has 0 bridgehead atoms. The van der Waals surface area contributed by atoms with E-state index in [0.717, 1.165) is 18.4 Å². The van der Waals surface area contributed by atoms with Crippen LogP contribution < -0.4 is 14.8 Å². The first kappa shape index (κ1) is 26.8. The smallest absolute Gasteiger partial charge is 0.331 e. The van der Waals surface area contributed by atoms with Crippen LogP contribution in [-0.2, 0) is 20.7 Å². The summed E-state index contributed by atoms with van der Waals surface area (Å²) in [5, 5.41) is 3.63. The first-order chi connectivity index (χ1) is 16.9. The van der Waals surface area contributed by atoms with E-state index in [-0.39, 0.29) is 5.91 Å². The maximum absolute atomic E-state index is 13.2. The van der Waals surface area contributed by atoms with Crippen LogP contribution in [0.1, 0.15) is 48.5 Å². The quantitative estimate of drug-likeness (QED) is 0.349. The third-order valence-electron chi connectivity index (χ3n) is 6.35. The van der Waals surface area contributed by atoms with Crippen molar-refractivity contribution in [3.05, 3.63) is 58.6 Å². The Morgan fingerprint density at radius 1 is 1.00 bits per heavy atom. The van der Waals surface area contributed by atoms with Crippen LogP contribution in [0.5, 0.6) is 11.5 Å². The molecule has 8 heteroatoms. The Kier molecular flexibility index (Phi) is 9.81. The number of carbonyl (C=O) groups excluding carboxylic acids is 2. The van der Waals surface area contributed by atoms with Crippen LogP contribution in [-0.4, -0.2) is 51.5 Å². The molecule has 0 atom stereocenters. The molecule has 0 radical (unpaired) electrons. The first-order valence-corrected chi connectivity index (χ1v) is 12.3. The molecular formula is C27H34ClNO6. The SMILES string of the molecule is COCCOc1ccc(C(=O)N[C@]2(C(=O)OC)CC[C@H](C)CC2)cc1OCCc1cccc(Cl)c1. The van der Waals surface area contributed by atoms with Crippen molar-refractivity contribution in [3.63, 3.8) is 0 Å². The molecule has 1 amide bonds. The minimum absolute atomic E-state index is 0.344. The Bertz CT molecular complexity index is 1000. The van der Waals surface area contributed by atoms with Gasteiger partial charge in [0.05, 0.1) is 20.3 Å². The van der Waals surface area contributed by atoms with E-state index in [2.05, 4.69) is 12.2 Å². The van der Waals surface area contributed by atoms with E-state index in [1.165, 1.54) is 7.11 Å². The van der Waals surface area contributed by atoms with Gasteiger partial charge in [-0.1, -0.05) is 30.7 Å². The summed E-state index contributed by atoms with van der Waals surface area (Å²) in [4.78, 5) is 25.9. The summed E-state index contributed by atoms with van der Waals surface area (Å²) in [5.74, 6) is 0.704. The Morgan fingerprint density at radius 3 is 2.43 bits per heavy atom. The fourth-order valence-corrected chi connectivity index (χ4v) is 4.42. The number of amides is 1. The molecule has 190 valence electrons. The molecule has 7 nitrogen and oxygen atoms in total. The maximum Gasteiger partial charge on any atom is 0.331 e. The lowest BCUT2D eigenvalue weighted by Crippen LogP contribution is -2.56. The van der Waals surface area contributed by atoms with Crippen LogP contribution in [0.2, 0.25) is 5.02 Å². The second-order valence-electron chi connectivity index (χ2n) is 8.94. The highest BCUT2D eigenvalue weighted by atomic mass is 35.5. The zero-order valence-electron chi connectivity index (χ0n) is 20.6. The van der Waals surface area contributed by atoms with E-state index in [0.29, 0.717) is 67.1 Å². The second-order valence-corrected chi connectivity index (χ2v) is 9.38. The Labute approximate surface area is 212 Å². The standard InChI is InChI=1S/C27H34ClNO6/c1-19-9-12-27(13-10-19,26(31)33-3)29-25(30)21-7-8-23(35-16-15-32-2)24(18-21)34-14-11-20-5-4-6-22(28)17-20/h4-8,17-19H,9-16H2,1-3H3,(H,29,30)/t19-,27+. The van der Waals surface area contributed by atoms with Gasteiger partial charge in [-0.3, -0.25) is 4.79 Å². The third kappa shape index (κ3) is 7.36. The van der Waals surface area contributed by atoms with Crippen LogP contribution in [0.3, 0.4) is 0 Å². The summed E-state index contributed by atoms with van der Waals surface area (Å²) in [6.45, 7) is 3.29. The van der Waals surface area contributed by atoms with E-state index in [4.69, 9.17) is 30.5 Å². The average molecular weight is 504 g/mol. The van der Waals surface area contributed by atoms with Crippen molar-refractivity contribution in [2.75, 3.05) is 34.0 Å². The van der Waals surface area contributed by atoms with Crippen LogP contribution in [0, 0.1) is 5.92 Å². The molecule has 0 saturated heterocycles. The first-order valence-electron chi connectivity index (χ1n) is 11.9. The number of carbonyl (C=O) groups is 2. The van der Waals surface area contributed by atoms with Crippen molar-refractivity contribution in [2.45, 2.75) is 44.6 Å². The zero-order chi connectivity index (χ0) is 25.3. The van der Waals surface area contributed by atoms with Gasteiger partial charge in [0.15, 0.2) is 11.5 Å². The molecular weight excluding hydrogens is 470 g/mol. The summed E-state index contributed by atoms with van der Waals surface area (Å²) in [5.41, 5.74) is 0.406. The predicted molar refractivity (Wildman–Crippen MR) is 134 cm³/mol. The van der Waals surface area contributed by atoms with E-state index in [1.54, 1.807) is 25.3 Å². The van der Waals surface area contributed by atoms with Crippen LogP contribution in [0.15, 0.2) is 42.5 Å². The fraction of sp³-hybridized carbons (Fsp3) is 0.481. The highest BCUT2D eigenvalue weighted by Crippen LogP contribution is 2.34. The lowest BCUT2D eigenvalue weighted by molar-refractivity contribution is -0.150. The van der Waals surface area contributed by atoms with Gasteiger partial charge in [0, 0.05) is 24.1 Å². The Morgan fingerprint density at radius 2 is 1.74 bits per heavy atom. The summed E-state index contributed by atoms with van der Waals surface area (Å²) in [6, 6.07) is 12.6. The largest absolute Gasteiger partial charge is 0.489 e. The van der Waals surface area contributed by atoms with E-state index >= 15 is 0 Å². The third-order valence-corrected chi connectivity index (χ3v) is 6.58. The molecule has 2 aromatic carbocycles. The predicted octanol–water partition coefficient (Wildman–Crippen LogP) is 4.84. The van der Waals surface area contributed by atoms with Gasteiger partial charge in [0.1, 0.15) is 12.1 Å². The van der Waals surface area contributed by atoms with Crippen LogP contribution in [0.4, 0.5) is 0 Å². The van der Waals surface area contributed by atoms with Gasteiger partial charge in [-0.2, -0.15) is 0 Å². The normalized spacial score (nSPS) is 19.6. The number of hydrogen-bond donors (Lipinski definition) is 1. The summed E-state index contributed by atoms with van der Waals surface area (Å²) in [6.07, 6.45) is 3.43. The van der Waals surface area contributed by atoms with E-state index < -0.39 is 11.5 Å². The number of nitrogens with one attached hydrogen (secondary N) is 1. The van der Waals surface area contributed by atoms with Crippen molar-refractivity contribution in [1.29, 1.82) is 0 Å². The van der Waals surface area contributed by atoms with Gasteiger partial charge in [0.25, 0.3) is 5.91 Å². The van der Waals surface area contributed by atoms with Gasteiger partial charge in [-0.25, -0.2) is 4.79 Å². The van der Waals surface area contributed by atoms with Gasteiger partial charge in [0.2, 0.25) is 0 Å². The molecule has 3 rings (SSSR count). The van der Waals surface area contributed by atoms with Gasteiger partial charge >= 0.3 is 5.97 Å². The molecule has 1 aliphatic rings. The molecule has 1 aliphatic carbocycles.